The van der Waals surface area contributed by atoms with Crippen molar-refractivity contribution < 1.29 is 4.79 Å². The van der Waals surface area contributed by atoms with Crippen LogP contribution in [0.2, 0.25) is 0 Å². The summed E-state index contributed by atoms with van der Waals surface area (Å²) in [6.45, 7) is 3.39. The van der Waals surface area contributed by atoms with Gasteiger partial charge in [0.05, 0.1) is 12.7 Å². The van der Waals surface area contributed by atoms with E-state index in [0.29, 0.717) is 12.6 Å². The number of nitrogens with zero attached hydrogens (tertiary/aromatic N) is 4. The van der Waals surface area contributed by atoms with Gasteiger partial charge in [0.1, 0.15) is 0 Å². The maximum atomic E-state index is 11.7. The SMILES string of the molecule is CN(C)C(=O)CN1CCC(NCc2cnn(C)c2)CC1. The van der Waals surface area contributed by atoms with Gasteiger partial charge in [0.2, 0.25) is 5.91 Å². The predicted molar refractivity (Wildman–Crippen MR) is 78.2 cm³/mol. The van der Waals surface area contributed by atoms with Gasteiger partial charge in [-0.3, -0.25) is 14.4 Å². The third-order valence-corrected chi connectivity index (χ3v) is 3.80. The fourth-order valence-corrected chi connectivity index (χ4v) is 2.45. The van der Waals surface area contributed by atoms with Crippen molar-refractivity contribution in [1.29, 1.82) is 0 Å². The van der Waals surface area contributed by atoms with Crippen LogP contribution in [-0.2, 0) is 18.4 Å². The number of carbonyl (C=O) groups excluding carboxylic acids is 1. The summed E-state index contributed by atoms with van der Waals surface area (Å²) >= 11 is 0. The number of carbonyl (C=O) groups is 1. The van der Waals surface area contributed by atoms with Crippen LogP contribution >= 0.6 is 0 Å². The zero-order chi connectivity index (χ0) is 14.5. The van der Waals surface area contributed by atoms with Crippen LogP contribution in [0.4, 0.5) is 0 Å². The Kier molecular flexibility index (Phi) is 5.14. The molecule has 0 atom stereocenters. The second-order valence-electron chi connectivity index (χ2n) is 5.74. The van der Waals surface area contributed by atoms with Crippen molar-refractivity contribution in [2.75, 3.05) is 33.7 Å². The Labute approximate surface area is 120 Å². The zero-order valence-corrected chi connectivity index (χ0v) is 12.7. The minimum absolute atomic E-state index is 0.187. The molecule has 1 amide bonds. The van der Waals surface area contributed by atoms with Crippen LogP contribution in [0.15, 0.2) is 12.4 Å². The first kappa shape index (κ1) is 15.0. The van der Waals surface area contributed by atoms with Crippen LogP contribution in [0, 0.1) is 0 Å². The number of hydrogen-bond donors (Lipinski definition) is 1. The molecule has 1 aliphatic rings. The van der Waals surface area contributed by atoms with Crippen LogP contribution in [0.3, 0.4) is 0 Å². The van der Waals surface area contributed by atoms with Gasteiger partial charge < -0.3 is 10.2 Å². The first-order valence-corrected chi connectivity index (χ1v) is 7.18. The molecule has 6 heteroatoms. The first-order chi connectivity index (χ1) is 9.54. The van der Waals surface area contributed by atoms with Gasteiger partial charge in [-0.25, -0.2) is 0 Å². The Morgan fingerprint density at radius 1 is 1.45 bits per heavy atom. The third-order valence-electron chi connectivity index (χ3n) is 3.80. The molecule has 0 radical (unpaired) electrons. The topological polar surface area (TPSA) is 53.4 Å². The number of aromatic nitrogens is 2. The number of amides is 1. The van der Waals surface area contributed by atoms with E-state index in [-0.39, 0.29) is 5.91 Å². The lowest BCUT2D eigenvalue weighted by molar-refractivity contribution is -0.130. The monoisotopic (exact) mass is 279 g/mol. The van der Waals surface area contributed by atoms with E-state index in [0.717, 1.165) is 32.5 Å². The lowest BCUT2D eigenvalue weighted by Crippen LogP contribution is -2.45. The zero-order valence-electron chi connectivity index (χ0n) is 12.7. The van der Waals surface area contributed by atoms with Crippen molar-refractivity contribution in [3.05, 3.63) is 18.0 Å². The van der Waals surface area contributed by atoms with Crippen LogP contribution < -0.4 is 5.32 Å². The summed E-state index contributed by atoms with van der Waals surface area (Å²) in [5, 5.41) is 7.74. The average molecular weight is 279 g/mol. The lowest BCUT2D eigenvalue weighted by Gasteiger charge is -2.32. The molecule has 2 rings (SSSR count). The molecule has 0 aliphatic carbocycles. The van der Waals surface area contributed by atoms with Gasteiger partial charge >= 0.3 is 0 Å². The molecular weight excluding hydrogens is 254 g/mol. The van der Waals surface area contributed by atoms with Gasteiger partial charge in [0.25, 0.3) is 0 Å². The third kappa shape index (κ3) is 4.31. The quantitative estimate of drug-likeness (QED) is 0.828. The maximum Gasteiger partial charge on any atom is 0.236 e. The van der Waals surface area contributed by atoms with Crippen molar-refractivity contribution in [3.8, 4) is 0 Å². The van der Waals surface area contributed by atoms with E-state index in [2.05, 4.69) is 15.3 Å². The molecule has 1 aromatic rings. The lowest BCUT2D eigenvalue weighted by atomic mass is 10.0. The Morgan fingerprint density at radius 3 is 2.70 bits per heavy atom. The summed E-state index contributed by atoms with van der Waals surface area (Å²) in [5.74, 6) is 0.187. The van der Waals surface area contributed by atoms with E-state index in [1.54, 1.807) is 4.90 Å². The van der Waals surface area contributed by atoms with Gasteiger partial charge in [-0.05, 0) is 12.8 Å². The van der Waals surface area contributed by atoms with Gasteiger partial charge in [-0.2, -0.15) is 5.10 Å². The Hall–Kier alpha value is -1.40. The second-order valence-corrected chi connectivity index (χ2v) is 5.74. The fourth-order valence-electron chi connectivity index (χ4n) is 2.45. The van der Waals surface area contributed by atoms with Crippen LogP contribution in [0.1, 0.15) is 18.4 Å². The van der Waals surface area contributed by atoms with Crippen LogP contribution in [0.5, 0.6) is 0 Å². The summed E-state index contributed by atoms with van der Waals surface area (Å²) in [6.07, 6.45) is 6.14. The molecule has 1 saturated heterocycles. The molecule has 20 heavy (non-hydrogen) atoms. The molecule has 1 N–H and O–H groups in total. The molecule has 1 aliphatic heterocycles. The van der Waals surface area contributed by atoms with Crippen molar-refractivity contribution >= 4 is 5.91 Å². The van der Waals surface area contributed by atoms with E-state index >= 15 is 0 Å². The summed E-state index contributed by atoms with van der Waals surface area (Å²) < 4.78 is 1.83. The summed E-state index contributed by atoms with van der Waals surface area (Å²) in [7, 11) is 5.55. The van der Waals surface area contributed by atoms with Crippen molar-refractivity contribution in [2.45, 2.75) is 25.4 Å². The van der Waals surface area contributed by atoms with Crippen molar-refractivity contribution in [2.24, 2.45) is 7.05 Å². The molecule has 0 spiro atoms. The van der Waals surface area contributed by atoms with Gasteiger partial charge in [-0.1, -0.05) is 0 Å². The molecule has 0 aromatic carbocycles. The predicted octanol–water partition coefficient (Wildman–Crippen LogP) is 0.0623. The molecular formula is C14H25N5O. The van der Waals surface area contributed by atoms with Gasteiger partial charge in [0, 0.05) is 58.6 Å². The standard InChI is InChI=1S/C14H25N5O/c1-17(2)14(20)11-19-6-4-13(5-7-19)15-8-12-9-16-18(3)10-12/h9-10,13,15H,4-8,11H2,1-3H3. The molecule has 6 nitrogen and oxygen atoms in total. The van der Waals surface area contributed by atoms with Crippen LogP contribution in [-0.4, -0.2) is 65.3 Å². The number of rotatable bonds is 5. The number of nitrogens with one attached hydrogen (secondary N) is 1. The number of aryl methyl sites for hydroxylation is 1. The minimum atomic E-state index is 0.187. The fraction of sp³-hybridized carbons (Fsp3) is 0.714. The molecule has 2 heterocycles. The molecule has 1 fully saturated rings. The highest BCUT2D eigenvalue weighted by Gasteiger charge is 2.20. The summed E-state index contributed by atoms with van der Waals surface area (Å²) in [4.78, 5) is 15.6. The van der Waals surface area contributed by atoms with Crippen molar-refractivity contribution in [3.63, 3.8) is 0 Å². The normalized spacial score (nSPS) is 17.4. The number of likely N-dealkylation sites (N-methyl/N-ethyl adjacent to an activating group) is 1. The second kappa shape index (κ2) is 6.85. The smallest absolute Gasteiger partial charge is 0.236 e. The summed E-state index contributed by atoms with van der Waals surface area (Å²) in [6, 6.07) is 0.543. The highest BCUT2D eigenvalue weighted by molar-refractivity contribution is 5.77. The van der Waals surface area contributed by atoms with Gasteiger partial charge in [-0.15, -0.1) is 0 Å². The van der Waals surface area contributed by atoms with Crippen LogP contribution in [0.25, 0.3) is 0 Å². The van der Waals surface area contributed by atoms with E-state index in [1.807, 2.05) is 38.2 Å². The number of likely N-dealkylation sites (tertiary alicyclic amines) is 1. The molecule has 0 unspecified atom stereocenters. The highest BCUT2D eigenvalue weighted by atomic mass is 16.2. The largest absolute Gasteiger partial charge is 0.348 e. The minimum Gasteiger partial charge on any atom is -0.348 e. The Morgan fingerprint density at radius 2 is 2.15 bits per heavy atom. The number of piperidine rings is 1. The molecule has 112 valence electrons. The first-order valence-electron chi connectivity index (χ1n) is 7.18. The van der Waals surface area contributed by atoms with E-state index in [9.17, 15) is 4.79 Å². The van der Waals surface area contributed by atoms with Crippen molar-refractivity contribution in [1.82, 2.24) is 24.9 Å². The highest BCUT2D eigenvalue weighted by Crippen LogP contribution is 2.11. The van der Waals surface area contributed by atoms with E-state index in [4.69, 9.17) is 0 Å². The van der Waals surface area contributed by atoms with E-state index < -0.39 is 0 Å². The Balaban J connectivity index is 1.68. The molecule has 1 aromatic heterocycles. The number of hydrogen-bond acceptors (Lipinski definition) is 4. The van der Waals surface area contributed by atoms with E-state index in [1.165, 1.54) is 5.56 Å². The molecule has 0 bridgehead atoms. The maximum absolute atomic E-state index is 11.7. The molecule has 0 saturated carbocycles. The summed E-state index contributed by atoms with van der Waals surface area (Å²) in [5.41, 5.74) is 1.22. The Bertz CT molecular complexity index is 435. The van der Waals surface area contributed by atoms with Gasteiger partial charge in [0.15, 0.2) is 0 Å². The average Bonchev–Trinajstić information content (AvgIpc) is 2.83.